The fourth-order valence-electron chi connectivity index (χ4n) is 8.44. The number of nitrogens with zero attached hydrogens (tertiary/aromatic N) is 1. The number of rotatable bonds is 4. The van der Waals surface area contributed by atoms with Crippen LogP contribution < -0.4 is 4.90 Å². The van der Waals surface area contributed by atoms with Crippen molar-refractivity contribution in [1.29, 1.82) is 0 Å². The Labute approximate surface area is 277 Å². The predicted molar refractivity (Wildman–Crippen MR) is 202 cm³/mol. The molecule has 1 nitrogen and oxygen atoms in total. The molecule has 0 fully saturated rings. The first-order chi connectivity index (χ1) is 23.0. The average molecular weight is 604 g/mol. The fourth-order valence-corrected chi connectivity index (χ4v) is 8.44. The van der Waals surface area contributed by atoms with E-state index in [0.717, 1.165) is 12.8 Å². The zero-order chi connectivity index (χ0) is 31.7. The Hall–Kier alpha value is -5.40. The maximum atomic E-state index is 2.44. The van der Waals surface area contributed by atoms with Crippen molar-refractivity contribution in [3.05, 3.63) is 162 Å². The number of benzene rings is 7. The van der Waals surface area contributed by atoms with E-state index in [2.05, 4.69) is 171 Å². The molecule has 1 heteroatoms. The summed E-state index contributed by atoms with van der Waals surface area (Å²) in [6.07, 6.45) is 6.80. The van der Waals surface area contributed by atoms with Crippen LogP contribution in [0.5, 0.6) is 0 Å². The van der Waals surface area contributed by atoms with Gasteiger partial charge in [-0.1, -0.05) is 135 Å². The van der Waals surface area contributed by atoms with Gasteiger partial charge in [0.15, 0.2) is 0 Å². The highest BCUT2D eigenvalue weighted by Gasteiger charge is 2.39. The van der Waals surface area contributed by atoms with Gasteiger partial charge in [0.25, 0.3) is 0 Å². The summed E-state index contributed by atoms with van der Waals surface area (Å²) in [4.78, 5) is 2.38. The molecule has 2 aliphatic rings. The van der Waals surface area contributed by atoms with Gasteiger partial charge in [-0.2, -0.15) is 0 Å². The lowest BCUT2D eigenvalue weighted by molar-refractivity contribution is 0.663. The highest BCUT2D eigenvalue weighted by Crippen LogP contribution is 2.56. The number of allylic oxidation sites excluding steroid dienone is 1. The summed E-state index contributed by atoms with van der Waals surface area (Å²) in [6, 6.07) is 49.6. The van der Waals surface area contributed by atoms with Crippen LogP contribution in [0.2, 0.25) is 0 Å². The predicted octanol–water partition coefficient (Wildman–Crippen LogP) is 12.4. The molecule has 0 aromatic heterocycles. The Bertz CT molecular complexity index is 2390. The average Bonchev–Trinajstić information content (AvgIpc) is 3.36. The molecule has 0 aliphatic heterocycles. The Morgan fingerprint density at radius 3 is 2.15 bits per heavy atom. The van der Waals surface area contributed by atoms with Crippen LogP contribution in [0.25, 0.3) is 61.0 Å². The van der Waals surface area contributed by atoms with E-state index >= 15 is 0 Å². The van der Waals surface area contributed by atoms with Crippen LogP contribution >= 0.6 is 0 Å². The summed E-state index contributed by atoms with van der Waals surface area (Å²) in [5.74, 6) is 0. The SMILES string of the molecule is CN(c1cccc(-c2c3c(cc4ccccc24)-c2c(ccc4ccccc24)C3(C)C)c1)c1ccc(-c2ccccc2)c2c1C=CCC2. The van der Waals surface area contributed by atoms with Crippen molar-refractivity contribution in [2.24, 2.45) is 0 Å². The van der Waals surface area contributed by atoms with E-state index in [1.165, 1.54) is 88.6 Å². The lowest BCUT2D eigenvalue weighted by Crippen LogP contribution is -2.17. The number of fused-ring (bicyclic) bond motifs is 7. The van der Waals surface area contributed by atoms with Gasteiger partial charge in [-0.15, -0.1) is 0 Å². The van der Waals surface area contributed by atoms with Crippen LogP contribution in [-0.4, -0.2) is 7.05 Å². The summed E-state index contributed by atoms with van der Waals surface area (Å²) in [6.45, 7) is 4.82. The van der Waals surface area contributed by atoms with Crippen molar-refractivity contribution in [2.45, 2.75) is 32.1 Å². The van der Waals surface area contributed by atoms with Crippen molar-refractivity contribution in [1.82, 2.24) is 0 Å². The van der Waals surface area contributed by atoms with Crippen LogP contribution in [0.3, 0.4) is 0 Å². The maximum absolute atomic E-state index is 2.44. The van der Waals surface area contributed by atoms with Crippen LogP contribution in [0.1, 0.15) is 42.5 Å². The quantitative estimate of drug-likeness (QED) is 0.193. The molecule has 0 atom stereocenters. The fraction of sp³-hybridized carbons (Fsp3) is 0.130. The van der Waals surface area contributed by atoms with Gasteiger partial charge in [0.05, 0.1) is 0 Å². The Morgan fingerprint density at radius 2 is 1.32 bits per heavy atom. The van der Waals surface area contributed by atoms with E-state index in [1.54, 1.807) is 0 Å². The molecular weight excluding hydrogens is 567 g/mol. The molecule has 0 saturated carbocycles. The highest BCUT2D eigenvalue weighted by atomic mass is 15.1. The van der Waals surface area contributed by atoms with Crippen LogP contribution in [0.4, 0.5) is 11.4 Å². The van der Waals surface area contributed by atoms with E-state index < -0.39 is 0 Å². The zero-order valence-electron chi connectivity index (χ0n) is 27.2. The van der Waals surface area contributed by atoms with Crippen molar-refractivity contribution >= 4 is 39.0 Å². The van der Waals surface area contributed by atoms with E-state index in [0.29, 0.717) is 0 Å². The Balaban J connectivity index is 1.23. The topological polar surface area (TPSA) is 3.24 Å². The molecule has 7 aromatic rings. The molecule has 0 saturated heterocycles. The second-order valence-corrected chi connectivity index (χ2v) is 13.7. The summed E-state index contributed by atoms with van der Waals surface area (Å²) in [5, 5.41) is 5.23. The van der Waals surface area contributed by atoms with Crippen LogP contribution in [-0.2, 0) is 11.8 Å². The van der Waals surface area contributed by atoms with Gasteiger partial charge in [-0.25, -0.2) is 0 Å². The second kappa shape index (κ2) is 10.6. The summed E-state index contributed by atoms with van der Waals surface area (Å²) >= 11 is 0. The Kier molecular flexibility index (Phi) is 6.27. The first kappa shape index (κ1) is 27.9. The molecule has 47 heavy (non-hydrogen) atoms. The van der Waals surface area contributed by atoms with Crippen molar-refractivity contribution in [3.8, 4) is 33.4 Å². The van der Waals surface area contributed by atoms with Gasteiger partial charge in [0.1, 0.15) is 0 Å². The third kappa shape index (κ3) is 4.23. The van der Waals surface area contributed by atoms with E-state index in [4.69, 9.17) is 0 Å². The van der Waals surface area contributed by atoms with Gasteiger partial charge >= 0.3 is 0 Å². The van der Waals surface area contributed by atoms with Gasteiger partial charge < -0.3 is 4.90 Å². The monoisotopic (exact) mass is 603 g/mol. The second-order valence-electron chi connectivity index (χ2n) is 13.7. The van der Waals surface area contributed by atoms with Gasteiger partial charge in [-0.3, -0.25) is 0 Å². The van der Waals surface area contributed by atoms with Crippen LogP contribution in [0, 0.1) is 0 Å². The number of hydrogen-bond acceptors (Lipinski definition) is 1. The molecule has 9 rings (SSSR count). The number of hydrogen-bond donors (Lipinski definition) is 0. The summed E-state index contributed by atoms with van der Waals surface area (Å²) in [5.41, 5.74) is 15.9. The molecule has 0 unspecified atom stereocenters. The van der Waals surface area contributed by atoms with Gasteiger partial charge in [-0.05, 0) is 109 Å². The summed E-state index contributed by atoms with van der Waals surface area (Å²) < 4.78 is 0. The molecule has 0 amide bonds. The molecule has 0 spiro atoms. The lowest BCUT2D eigenvalue weighted by Gasteiger charge is -2.28. The molecule has 226 valence electrons. The molecule has 0 radical (unpaired) electrons. The minimum atomic E-state index is -0.146. The van der Waals surface area contributed by atoms with Crippen molar-refractivity contribution in [3.63, 3.8) is 0 Å². The number of anilines is 2. The lowest BCUT2D eigenvalue weighted by atomic mass is 9.77. The minimum absolute atomic E-state index is 0.146. The van der Waals surface area contributed by atoms with E-state index in [9.17, 15) is 0 Å². The molecule has 0 heterocycles. The molecule has 2 aliphatic carbocycles. The van der Waals surface area contributed by atoms with E-state index in [-0.39, 0.29) is 5.41 Å². The molecule has 0 N–H and O–H groups in total. The third-order valence-electron chi connectivity index (χ3n) is 10.7. The molecular formula is C46H37N. The van der Waals surface area contributed by atoms with Crippen molar-refractivity contribution in [2.75, 3.05) is 11.9 Å². The molecule has 0 bridgehead atoms. The largest absolute Gasteiger partial charge is 0.344 e. The minimum Gasteiger partial charge on any atom is -0.344 e. The Morgan fingerprint density at radius 1 is 0.596 bits per heavy atom. The normalized spacial score (nSPS) is 14.2. The maximum Gasteiger partial charge on any atom is 0.0484 e. The highest BCUT2D eigenvalue weighted by molar-refractivity contribution is 6.10. The summed E-state index contributed by atoms with van der Waals surface area (Å²) in [7, 11) is 2.22. The van der Waals surface area contributed by atoms with Crippen molar-refractivity contribution < 1.29 is 0 Å². The van der Waals surface area contributed by atoms with Crippen LogP contribution in [0.15, 0.2) is 140 Å². The third-order valence-corrected chi connectivity index (χ3v) is 10.7. The first-order valence-electron chi connectivity index (χ1n) is 16.8. The van der Waals surface area contributed by atoms with Gasteiger partial charge in [0, 0.05) is 29.4 Å². The zero-order valence-corrected chi connectivity index (χ0v) is 27.2. The van der Waals surface area contributed by atoms with Gasteiger partial charge in [0.2, 0.25) is 0 Å². The first-order valence-corrected chi connectivity index (χ1v) is 16.8. The standard InChI is InChI=1S/C46H37N/c1-46(2)41-26-24-31-16-7-9-20-36(31)44(41)40-29-32-17-8-10-21-37(32)43(45(40)46)33-18-13-19-34(28-33)47(3)42-27-25-35(30-14-5-4-6-15-30)38-22-11-12-23-39(38)42/h4-10,12-21,23-29H,11,22H2,1-3H3. The van der Waals surface area contributed by atoms with E-state index in [1.807, 2.05) is 0 Å². The smallest absolute Gasteiger partial charge is 0.0484 e. The molecule has 7 aromatic carbocycles.